The topological polar surface area (TPSA) is 114 Å². The number of nitro groups is 1. The van der Waals surface area contributed by atoms with Gasteiger partial charge in [0, 0.05) is 22.2 Å². The zero-order valence-electron chi connectivity index (χ0n) is 15.6. The Balaban J connectivity index is 2.01. The van der Waals surface area contributed by atoms with Gasteiger partial charge in [-0.25, -0.2) is 5.43 Å². The van der Waals surface area contributed by atoms with Gasteiger partial charge in [0.2, 0.25) is 0 Å². The first-order chi connectivity index (χ1) is 13.2. The molecule has 0 saturated heterocycles. The SMILES string of the molecule is Cc1cc(OCC(=O)N/N=C\c2cc([N+](=O)[O-])ccc2O)c(C(C)C)cc1Br. The van der Waals surface area contributed by atoms with E-state index in [1.807, 2.05) is 32.9 Å². The van der Waals surface area contributed by atoms with Crippen molar-refractivity contribution in [2.24, 2.45) is 5.10 Å². The summed E-state index contributed by atoms with van der Waals surface area (Å²) in [6.45, 7) is 5.73. The predicted octanol–water partition coefficient (Wildman–Crippen LogP) is 4.02. The highest BCUT2D eigenvalue weighted by Gasteiger charge is 2.13. The van der Waals surface area contributed by atoms with Crippen molar-refractivity contribution in [3.05, 3.63) is 61.6 Å². The number of carbonyl (C=O) groups is 1. The maximum absolute atomic E-state index is 12.0. The number of carbonyl (C=O) groups excluding carboxylic acids is 1. The maximum atomic E-state index is 12.0. The molecule has 0 aliphatic heterocycles. The van der Waals surface area contributed by atoms with Crippen LogP contribution in [0.2, 0.25) is 0 Å². The van der Waals surface area contributed by atoms with E-state index in [9.17, 15) is 20.0 Å². The molecule has 2 N–H and O–H groups in total. The predicted molar refractivity (Wildman–Crippen MR) is 109 cm³/mol. The first-order valence-electron chi connectivity index (χ1n) is 8.41. The van der Waals surface area contributed by atoms with E-state index in [2.05, 4.69) is 26.5 Å². The van der Waals surface area contributed by atoms with Gasteiger partial charge in [-0.1, -0.05) is 29.8 Å². The van der Waals surface area contributed by atoms with Gasteiger partial charge in [0.1, 0.15) is 11.5 Å². The van der Waals surface area contributed by atoms with Crippen molar-refractivity contribution in [1.29, 1.82) is 0 Å². The number of nitrogens with one attached hydrogen (secondary N) is 1. The molecular weight excluding hydrogens is 430 g/mol. The van der Waals surface area contributed by atoms with Gasteiger partial charge in [-0.3, -0.25) is 14.9 Å². The van der Waals surface area contributed by atoms with Crippen LogP contribution in [0.1, 0.15) is 36.5 Å². The van der Waals surface area contributed by atoms with Crippen molar-refractivity contribution in [2.75, 3.05) is 6.61 Å². The summed E-state index contributed by atoms with van der Waals surface area (Å²) >= 11 is 3.49. The number of halogens is 1. The number of benzene rings is 2. The number of rotatable bonds is 7. The van der Waals surface area contributed by atoms with Crippen molar-refractivity contribution in [2.45, 2.75) is 26.7 Å². The average molecular weight is 450 g/mol. The van der Waals surface area contributed by atoms with Crippen molar-refractivity contribution in [1.82, 2.24) is 5.43 Å². The summed E-state index contributed by atoms with van der Waals surface area (Å²) in [5.41, 5.74) is 4.14. The van der Waals surface area contributed by atoms with Crippen LogP contribution in [-0.4, -0.2) is 28.8 Å². The molecule has 2 aromatic carbocycles. The van der Waals surface area contributed by atoms with Gasteiger partial charge >= 0.3 is 0 Å². The van der Waals surface area contributed by atoms with Gasteiger partial charge in [0.05, 0.1) is 11.1 Å². The van der Waals surface area contributed by atoms with Gasteiger partial charge in [-0.05, 0) is 42.2 Å². The first-order valence-corrected chi connectivity index (χ1v) is 9.20. The lowest BCUT2D eigenvalue weighted by Gasteiger charge is -2.15. The van der Waals surface area contributed by atoms with Gasteiger partial charge in [0.15, 0.2) is 6.61 Å². The second-order valence-corrected chi connectivity index (χ2v) is 7.23. The van der Waals surface area contributed by atoms with E-state index in [-0.39, 0.29) is 29.5 Å². The van der Waals surface area contributed by atoms with E-state index in [0.29, 0.717) is 5.75 Å². The Morgan fingerprint density at radius 3 is 2.75 bits per heavy atom. The van der Waals surface area contributed by atoms with Crippen molar-refractivity contribution >= 4 is 33.7 Å². The molecule has 28 heavy (non-hydrogen) atoms. The molecule has 0 heterocycles. The lowest BCUT2D eigenvalue weighted by molar-refractivity contribution is -0.384. The highest BCUT2D eigenvalue weighted by Crippen LogP contribution is 2.32. The van der Waals surface area contributed by atoms with Gasteiger partial charge in [-0.15, -0.1) is 0 Å². The number of nitro benzene ring substituents is 1. The molecular formula is C19H20BrN3O5. The van der Waals surface area contributed by atoms with Crippen LogP contribution >= 0.6 is 15.9 Å². The van der Waals surface area contributed by atoms with Crippen LogP contribution in [0.15, 0.2) is 39.9 Å². The summed E-state index contributed by atoms with van der Waals surface area (Å²) in [6, 6.07) is 7.34. The Labute approximate surface area is 170 Å². The molecule has 2 aromatic rings. The summed E-state index contributed by atoms with van der Waals surface area (Å²) in [5, 5.41) is 24.2. The Hall–Kier alpha value is -2.94. The normalized spacial score (nSPS) is 11.0. The van der Waals surface area contributed by atoms with Crippen molar-refractivity contribution < 1.29 is 19.6 Å². The smallest absolute Gasteiger partial charge is 0.277 e. The Morgan fingerprint density at radius 1 is 1.39 bits per heavy atom. The zero-order chi connectivity index (χ0) is 20.8. The maximum Gasteiger partial charge on any atom is 0.277 e. The fourth-order valence-corrected chi connectivity index (χ4v) is 2.72. The monoisotopic (exact) mass is 449 g/mol. The molecule has 0 aromatic heterocycles. The summed E-state index contributed by atoms with van der Waals surface area (Å²) in [6.07, 6.45) is 1.13. The molecule has 0 aliphatic rings. The fraction of sp³-hybridized carbons (Fsp3) is 0.263. The van der Waals surface area contributed by atoms with E-state index < -0.39 is 10.8 Å². The number of hydrogen-bond donors (Lipinski definition) is 2. The molecule has 0 saturated carbocycles. The number of non-ortho nitro benzene ring substituents is 1. The summed E-state index contributed by atoms with van der Waals surface area (Å²) in [5.74, 6) is 0.138. The molecule has 0 bridgehead atoms. The standard InChI is InChI=1S/C19H20BrN3O5/c1-11(2)15-8-16(20)12(3)6-18(15)28-10-19(25)22-21-9-13-7-14(23(26)27)4-5-17(13)24/h4-9,11,24H,10H2,1-3H3,(H,22,25)/b21-9-. The average Bonchev–Trinajstić information content (AvgIpc) is 2.63. The summed E-state index contributed by atoms with van der Waals surface area (Å²) in [7, 11) is 0. The van der Waals surface area contributed by atoms with E-state index in [0.717, 1.165) is 27.9 Å². The molecule has 0 atom stereocenters. The fourth-order valence-electron chi connectivity index (χ4n) is 2.35. The Kier molecular flexibility index (Phi) is 7.11. The van der Waals surface area contributed by atoms with Crippen molar-refractivity contribution in [3.8, 4) is 11.5 Å². The third-order valence-corrected chi connectivity index (χ3v) is 4.74. The molecule has 0 aliphatic carbocycles. The molecule has 0 spiro atoms. The highest BCUT2D eigenvalue weighted by molar-refractivity contribution is 9.10. The van der Waals surface area contributed by atoms with E-state index in [4.69, 9.17) is 4.74 Å². The number of phenolic OH excluding ortho intramolecular Hbond substituents is 1. The summed E-state index contributed by atoms with van der Waals surface area (Å²) < 4.78 is 6.59. The van der Waals surface area contributed by atoms with Gasteiger partial charge in [-0.2, -0.15) is 5.10 Å². The van der Waals surface area contributed by atoms with Crippen LogP contribution in [0.25, 0.3) is 0 Å². The number of nitrogens with zero attached hydrogens (tertiary/aromatic N) is 2. The second-order valence-electron chi connectivity index (χ2n) is 6.38. The minimum absolute atomic E-state index is 0.112. The summed E-state index contributed by atoms with van der Waals surface area (Å²) in [4.78, 5) is 22.2. The van der Waals surface area contributed by atoms with Crippen LogP contribution in [0, 0.1) is 17.0 Å². The number of phenols is 1. The highest BCUT2D eigenvalue weighted by atomic mass is 79.9. The van der Waals surface area contributed by atoms with Crippen LogP contribution in [0.3, 0.4) is 0 Å². The third kappa shape index (κ3) is 5.53. The lowest BCUT2D eigenvalue weighted by atomic mass is 10.0. The second kappa shape index (κ2) is 9.32. The molecule has 0 radical (unpaired) electrons. The molecule has 8 nitrogen and oxygen atoms in total. The Morgan fingerprint density at radius 2 is 2.11 bits per heavy atom. The minimum Gasteiger partial charge on any atom is -0.507 e. The van der Waals surface area contributed by atoms with E-state index >= 15 is 0 Å². The van der Waals surface area contributed by atoms with Crippen molar-refractivity contribution in [3.63, 3.8) is 0 Å². The quantitative estimate of drug-likeness (QED) is 0.376. The number of hydrazone groups is 1. The molecule has 9 heteroatoms. The number of ether oxygens (including phenoxy) is 1. The van der Waals surface area contributed by atoms with E-state index in [1.165, 1.54) is 12.1 Å². The number of hydrogen-bond acceptors (Lipinski definition) is 6. The molecule has 0 unspecified atom stereocenters. The van der Waals surface area contributed by atoms with Crippen LogP contribution in [0.4, 0.5) is 5.69 Å². The van der Waals surface area contributed by atoms with Gasteiger partial charge < -0.3 is 9.84 Å². The number of amides is 1. The number of aryl methyl sites for hydroxylation is 1. The lowest BCUT2D eigenvalue weighted by Crippen LogP contribution is -2.25. The molecule has 148 valence electrons. The molecule has 2 rings (SSSR count). The number of aromatic hydroxyl groups is 1. The van der Waals surface area contributed by atoms with Crippen LogP contribution in [-0.2, 0) is 4.79 Å². The van der Waals surface area contributed by atoms with Crippen LogP contribution in [0.5, 0.6) is 11.5 Å². The van der Waals surface area contributed by atoms with Gasteiger partial charge in [0.25, 0.3) is 11.6 Å². The largest absolute Gasteiger partial charge is 0.507 e. The third-order valence-electron chi connectivity index (χ3n) is 3.89. The molecule has 1 amide bonds. The minimum atomic E-state index is -0.588. The van der Waals surface area contributed by atoms with Crippen LogP contribution < -0.4 is 10.2 Å². The Bertz CT molecular complexity index is 928. The zero-order valence-corrected chi connectivity index (χ0v) is 17.2. The van der Waals surface area contributed by atoms with E-state index in [1.54, 1.807) is 0 Å². The first kappa shape index (κ1) is 21.4. The molecule has 0 fully saturated rings.